The zero-order chi connectivity index (χ0) is 29.8. The van der Waals surface area contributed by atoms with E-state index < -0.39 is 11.5 Å². The van der Waals surface area contributed by atoms with Crippen molar-refractivity contribution >= 4 is 34.8 Å². The second kappa shape index (κ2) is 13.0. The van der Waals surface area contributed by atoms with Gasteiger partial charge in [0, 0.05) is 41.9 Å². The lowest BCUT2D eigenvalue weighted by molar-refractivity contribution is 0.0901. The van der Waals surface area contributed by atoms with E-state index in [4.69, 9.17) is 32.9 Å². The Bertz CT molecular complexity index is 1680. The van der Waals surface area contributed by atoms with E-state index in [1.165, 1.54) is 7.05 Å². The van der Waals surface area contributed by atoms with Crippen LogP contribution in [0.4, 0.5) is 5.69 Å². The van der Waals surface area contributed by atoms with Crippen LogP contribution in [-0.2, 0) is 13.6 Å². The molecule has 1 unspecified atom stereocenters. The summed E-state index contributed by atoms with van der Waals surface area (Å²) in [6.45, 7) is 0.515. The Morgan fingerprint density at radius 2 is 1.76 bits per heavy atom. The van der Waals surface area contributed by atoms with Gasteiger partial charge in [0.25, 0.3) is 11.5 Å². The molecule has 1 fully saturated rings. The molecule has 1 aliphatic rings. The third-order valence-electron chi connectivity index (χ3n) is 7.35. The maximum absolute atomic E-state index is 12.8. The van der Waals surface area contributed by atoms with Gasteiger partial charge in [0.2, 0.25) is 5.88 Å². The average molecular weight is 610 g/mol. The fourth-order valence-electron chi connectivity index (χ4n) is 5.05. The summed E-state index contributed by atoms with van der Waals surface area (Å²) in [5.74, 6) is -0.244. The van der Waals surface area contributed by atoms with Crippen LogP contribution in [0.3, 0.4) is 0 Å². The molecule has 0 spiro atoms. The summed E-state index contributed by atoms with van der Waals surface area (Å²) < 4.78 is 6.63. The molecule has 10 nitrogen and oxygen atoms in total. The maximum Gasteiger partial charge on any atom is 0.298 e. The van der Waals surface area contributed by atoms with Crippen molar-refractivity contribution < 1.29 is 14.6 Å². The molecule has 3 N–H and O–H groups in total. The van der Waals surface area contributed by atoms with Crippen molar-refractivity contribution in [1.29, 1.82) is 0 Å². The number of aliphatic hydroxyl groups is 1. The minimum Gasteiger partial charge on any atom is -0.481 e. The topological polar surface area (TPSA) is 131 Å². The normalized spacial score (nSPS) is 16.7. The van der Waals surface area contributed by atoms with Crippen molar-refractivity contribution in [2.24, 2.45) is 7.05 Å². The molecule has 2 aromatic carbocycles. The van der Waals surface area contributed by atoms with E-state index >= 15 is 0 Å². The Kier molecular flexibility index (Phi) is 9.18. The molecule has 1 amide bonds. The number of aryl methyl sites for hydroxylation is 1. The van der Waals surface area contributed by atoms with Gasteiger partial charge in [-0.05, 0) is 25.0 Å². The molecule has 0 aliphatic heterocycles. The van der Waals surface area contributed by atoms with Crippen LogP contribution >= 0.6 is 23.2 Å². The third-order valence-corrected chi connectivity index (χ3v) is 8.17. The summed E-state index contributed by atoms with van der Waals surface area (Å²) in [6, 6.07) is 14.5. The number of carbonyl (C=O) groups excluding carboxylic acids is 1. The number of anilines is 1. The summed E-state index contributed by atoms with van der Waals surface area (Å²) in [5.41, 5.74) is 2.72. The monoisotopic (exact) mass is 608 g/mol. The van der Waals surface area contributed by atoms with E-state index in [9.17, 15) is 14.7 Å². The quantitative estimate of drug-likeness (QED) is 0.258. The lowest BCUT2D eigenvalue weighted by atomic mass is 9.92. The Balaban J connectivity index is 1.41. The largest absolute Gasteiger partial charge is 0.481 e. The zero-order valence-corrected chi connectivity index (χ0v) is 24.6. The summed E-state index contributed by atoms with van der Waals surface area (Å²) in [7, 11) is 3.00. The van der Waals surface area contributed by atoms with Crippen molar-refractivity contribution in [3.8, 4) is 28.3 Å². The third kappa shape index (κ3) is 6.17. The number of methoxy groups -OCH3 is 1. The van der Waals surface area contributed by atoms with Crippen LogP contribution in [-0.4, -0.2) is 50.0 Å². The number of nitrogens with zero attached hydrogens (tertiary/aromatic N) is 4. The molecule has 0 saturated heterocycles. The molecule has 218 valence electrons. The molecule has 42 heavy (non-hydrogen) atoms. The van der Waals surface area contributed by atoms with E-state index in [-0.39, 0.29) is 22.9 Å². The molecule has 12 heteroatoms. The van der Waals surface area contributed by atoms with Crippen LogP contribution in [0.15, 0.2) is 59.7 Å². The first kappa shape index (κ1) is 29.7. The van der Waals surface area contributed by atoms with Crippen LogP contribution in [0, 0.1) is 0 Å². The van der Waals surface area contributed by atoms with E-state index in [0.717, 1.165) is 42.3 Å². The minimum absolute atomic E-state index is 0.0471. The number of halogens is 2. The smallest absolute Gasteiger partial charge is 0.298 e. The average Bonchev–Trinajstić information content (AvgIpc) is 2.99. The van der Waals surface area contributed by atoms with Gasteiger partial charge in [-0.25, -0.2) is 14.6 Å². The number of carbonyl (C=O) groups is 1. The minimum atomic E-state index is -0.708. The summed E-state index contributed by atoms with van der Waals surface area (Å²) >= 11 is 13.7. The Hall–Kier alpha value is -3.83. The molecule has 2 heterocycles. The maximum atomic E-state index is 12.8. The van der Waals surface area contributed by atoms with Gasteiger partial charge in [-0.1, -0.05) is 72.4 Å². The number of aliphatic hydroxyl groups excluding tert-OH is 1. The first-order valence-electron chi connectivity index (χ1n) is 13.5. The van der Waals surface area contributed by atoms with E-state index in [2.05, 4.69) is 20.7 Å². The molecule has 2 atom stereocenters. The van der Waals surface area contributed by atoms with Crippen molar-refractivity contribution in [1.82, 2.24) is 25.1 Å². The number of hydrogen-bond acceptors (Lipinski definition) is 8. The van der Waals surface area contributed by atoms with Gasteiger partial charge in [0.05, 0.1) is 34.6 Å². The predicted molar refractivity (Wildman–Crippen MR) is 162 cm³/mol. The number of benzene rings is 2. The van der Waals surface area contributed by atoms with Crippen LogP contribution in [0.2, 0.25) is 10.0 Å². The molecule has 0 radical (unpaired) electrons. The highest BCUT2D eigenvalue weighted by atomic mass is 35.5. The van der Waals surface area contributed by atoms with Gasteiger partial charge < -0.3 is 20.5 Å². The standard InChI is InChI=1S/C30H30Cl2N6O4/c1-38-30(41)27(34-16-35-38)28(40)36-23-11-6-8-19(26(23)32)18-7-5-9-20(25(18)31)21-14-13-17(29(37-21)42-2)15-33-22-10-3-4-12-24(22)39/h5-9,11,13-14,16,22,24,33,39H,3-4,10,12,15H2,1-2H3,(H,36,40)/t22?,24-/m1/s1. The molecule has 2 aromatic heterocycles. The predicted octanol–water partition coefficient (Wildman–Crippen LogP) is 4.87. The summed E-state index contributed by atoms with van der Waals surface area (Å²) in [4.78, 5) is 33.6. The number of nitrogens with one attached hydrogen (secondary N) is 2. The van der Waals surface area contributed by atoms with Crippen LogP contribution in [0.5, 0.6) is 5.88 Å². The van der Waals surface area contributed by atoms with Crippen LogP contribution in [0.1, 0.15) is 41.7 Å². The molecule has 5 rings (SSSR count). The van der Waals surface area contributed by atoms with Gasteiger partial charge in [-0.3, -0.25) is 9.59 Å². The van der Waals surface area contributed by atoms with Gasteiger partial charge in [-0.15, -0.1) is 0 Å². The molecule has 4 aromatic rings. The molecule has 0 bridgehead atoms. The highest BCUT2D eigenvalue weighted by molar-refractivity contribution is 6.39. The van der Waals surface area contributed by atoms with Crippen molar-refractivity contribution in [2.45, 2.75) is 44.4 Å². The fourth-order valence-corrected chi connectivity index (χ4v) is 5.65. The van der Waals surface area contributed by atoms with Gasteiger partial charge in [0.1, 0.15) is 6.33 Å². The number of ether oxygens (including phenoxy) is 1. The van der Waals surface area contributed by atoms with E-state index in [1.807, 2.05) is 30.3 Å². The van der Waals surface area contributed by atoms with E-state index in [0.29, 0.717) is 45.5 Å². The number of amides is 1. The van der Waals surface area contributed by atoms with Gasteiger partial charge in [-0.2, -0.15) is 5.10 Å². The second-order valence-electron chi connectivity index (χ2n) is 10.0. The molecular formula is C30H30Cl2N6O4. The summed E-state index contributed by atoms with van der Waals surface area (Å²) in [6.07, 6.45) is 4.67. The van der Waals surface area contributed by atoms with Crippen molar-refractivity contribution in [3.63, 3.8) is 0 Å². The SMILES string of the molecule is COc1nc(-c2cccc(-c3cccc(NC(=O)c4ncnn(C)c4=O)c3Cl)c2Cl)ccc1CNC1CCCC[C@H]1O. The number of aromatic nitrogens is 4. The van der Waals surface area contributed by atoms with Crippen molar-refractivity contribution in [2.75, 3.05) is 12.4 Å². The molecular weight excluding hydrogens is 579 g/mol. The highest BCUT2D eigenvalue weighted by Crippen LogP contribution is 2.41. The Labute approximate surface area is 252 Å². The Morgan fingerprint density at radius 3 is 2.52 bits per heavy atom. The van der Waals surface area contributed by atoms with Gasteiger partial charge >= 0.3 is 0 Å². The lowest BCUT2D eigenvalue weighted by Gasteiger charge is -2.28. The first-order chi connectivity index (χ1) is 20.3. The summed E-state index contributed by atoms with van der Waals surface area (Å²) in [5, 5.41) is 20.8. The number of rotatable bonds is 8. The highest BCUT2D eigenvalue weighted by Gasteiger charge is 2.23. The fraction of sp³-hybridized carbons (Fsp3) is 0.300. The first-order valence-corrected chi connectivity index (χ1v) is 14.3. The van der Waals surface area contributed by atoms with Gasteiger partial charge in [0.15, 0.2) is 5.69 Å². The van der Waals surface area contributed by atoms with E-state index in [1.54, 1.807) is 25.3 Å². The van der Waals surface area contributed by atoms with Crippen LogP contribution in [0.25, 0.3) is 22.4 Å². The second-order valence-corrected chi connectivity index (χ2v) is 10.8. The van der Waals surface area contributed by atoms with Crippen LogP contribution < -0.4 is 20.9 Å². The molecule has 1 aliphatic carbocycles. The number of pyridine rings is 1. The zero-order valence-electron chi connectivity index (χ0n) is 23.1. The Morgan fingerprint density at radius 1 is 1.05 bits per heavy atom. The number of hydrogen-bond donors (Lipinski definition) is 3. The van der Waals surface area contributed by atoms with Crippen molar-refractivity contribution in [3.05, 3.63) is 86.5 Å². The molecule has 1 saturated carbocycles. The lowest BCUT2D eigenvalue weighted by Crippen LogP contribution is -2.41.